The van der Waals surface area contributed by atoms with E-state index in [9.17, 15) is 13.2 Å². The molecule has 4 rings (SSSR count). The molecule has 2 aliphatic heterocycles. The van der Waals surface area contributed by atoms with Gasteiger partial charge < -0.3 is 14.7 Å². The number of alkyl halides is 3. The maximum atomic E-state index is 13.2. The fraction of sp³-hybridized carbons (Fsp3) is 0.579. The monoisotopic (exact) mass is 407 g/mol. The van der Waals surface area contributed by atoms with E-state index in [0.29, 0.717) is 30.8 Å². The highest BCUT2D eigenvalue weighted by atomic mass is 19.4. The lowest BCUT2D eigenvalue weighted by Crippen LogP contribution is -2.49. The summed E-state index contributed by atoms with van der Waals surface area (Å²) in [7, 11) is 3.85. The second-order valence-electron chi connectivity index (χ2n) is 7.81. The summed E-state index contributed by atoms with van der Waals surface area (Å²) >= 11 is 0. The molecule has 0 aliphatic carbocycles. The first-order chi connectivity index (χ1) is 13.7. The molecule has 156 valence electrons. The van der Waals surface area contributed by atoms with Gasteiger partial charge in [-0.3, -0.25) is 0 Å². The topological polar surface area (TPSA) is 61.3 Å². The van der Waals surface area contributed by atoms with Crippen molar-refractivity contribution in [1.82, 2.24) is 19.9 Å². The van der Waals surface area contributed by atoms with Crippen molar-refractivity contribution in [2.75, 3.05) is 48.4 Å². The maximum Gasteiger partial charge on any atom is 0.433 e. The second-order valence-corrected chi connectivity index (χ2v) is 7.81. The minimum atomic E-state index is -4.49. The molecule has 29 heavy (non-hydrogen) atoms. The average molecular weight is 407 g/mol. The third-order valence-corrected chi connectivity index (χ3v) is 5.64. The predicted octanol–water partition coefficient (Wildman–Crippen LogP) is 2.77. The molecule has 0 bridgehead atoms. The van der Waals surface area contributed by atoms with Crippen molar-refractivity contribution in [1.29, 1.82) is 0 Å². The molecule has 0 aromatic carbocycles. The smallest absolute Gasteiger partial charge is 0.363 e. The Kier molecular flexibility index (Phi) is 4.95. The number of anilines is 3. The van der Waals surface area contributed by atoms with Crippen LogP contribution in [0.2, 0.25) is 0 Å². The molecule has 2 aliphatic rings. The van der Waals surface area contributed by atoms with Crippen molar-refractivity contribution in [3.63, 3.8) is 0 Å². The lowest BCUT2D eigenvalue weighted by Gasteiger charge is -2.39. The molecule has 2 fully saturated rings. The van der Waals surface area contributed by atoms with Crippen LogP contribution in [0, 0.1) is 12.8 Å². The fourth-order valence-corrected chi connectivity index (χ4v) is 4.19. The van der Waals surface area contributed by atoms with Gasteiger partial charge in [-0.1, -0.05) is 0 Å². The number of aromatic nitrogens is 4. The van der Waals surface area contributed by atoms with Crippen LogP contribution in [-0.2, 0) is 6.18 Å². The Labute approximate surface area is 167 Å². The van der Waals surface area contributed by atoms with Crippen molar-refractivity contribution >= 4 is 17.6 Å². The minimum absolute atomic E-state index is 0.0748. The van der Waals surface area contributed by atoms with E-state index in [1.54, 1.807) is 6.20 Å². The minimum Gasteiger partial charge on any atom is -0.363 e. The first-order valence-electron chi connectivity index (χ1n) is 9.67. The number of fused-ring (bicyclic) bond motifs is 1. The molecule has 0 spiro atoms. The van der Waals surface area contributed by atoms with E-state index in [1.807, 2.05) is 30.0 Å². The zero-order chi connectivity index (χ0) is 20.8. The van der Waals surface area contributed by atoms with Gasteiger partial charge in [0, 0.05) is 46.0 Å². The van der Waals surface area contributed by atoms with E-state index in [4.69, 9.17) is 0 Å². The summed E-state index contributed by atoms with van der Waals surface area (Å²) in [5, 5.41) is 0. The lowest BCUT2D eigenvalue weighted by molar-refractivity contribution is -0.141. The van der Waals surface area contributed by atoms with Crippen LogP contribution in [0.1, 0.15) is 24.4 Å². The van der Waals surface area contributed by atoms with Crippen molar-refractivity contribution < 1.29 is 13.2 Å². The second kappa shape index (κ2) is 7.31. The number of piperidine rings is 1. The number of hydrogen-bond donors (Lipinski definition) is 0. The summed E-state index contributed by atoms with van der Waals surface area (Å²) < 4.78 is 39.7. The molecule has 2 aromatic heterocycles. The molecule has 0 saturated carbocycles. The SMILES string of the molecule is Cc1nc(N2CCC3CCN(c4nccc(N(C)C)n4)CC32)cc(C(F)(F)F)n1. The Bertz CT molecular complexity index is 886. The van der Waals surface area contributed by atoms with Gasteiger partial charge in [-0.15, -0.1) is 0 Å². The molecule has 7 nitrogen and oxygen atoms in total. The van der Waals surface area contributed by atoms with E-state index in [1.165, 1.54) is 6.92 Å². The van der Waals surface area contributed by atoms with Gasteiger partial charge in [-0.05, 0) is 31.7 Å². The van der Waals surface area contributed by atoms with Crippen LogP contribution < -0.4 is 14.7 Å². The van der Waals surface area contributed by atoms with Gasteiger partial charge in [-0.25, -0.2) is 15.0 Å². The molecule has 4 heterocycles. The lowest BCUT2D eigenvalue weighted by atomic mass is 9.92. The van der Waals surface area contributed by atoms with Crippen molar-refractivity contribution in [3.8, 4) is 0 Å². The molecular formula is C19H24F3N7. The van der Waals surface area contributed by atoms with Crippen LogP contribution in [0.5, 0.6) is 0 Å². The highest BCUT2D eigenvalue weighted by Gasteiger charge is 2.41. The summed E-state index contributed by atoms with van der Waals surface area (Å²) in [5.74, 6) is 2.38. The van der Waals surface area contributed by atoms with E-state index >= 15 is 0 Å². The van der Waals surface area contributed by atoms with Crippen LogP contribution in [0.4, 0.5) is 30.8 Å². The summed E-state index contributed by atoms with van der Waals surface area (Å²) in [4.78, 5) is 22.9. The van der Waals surface area contributed by atoms with Gasteiger partial charge in [0.05, 0.1) is 6.04 Å². The van der Waals surface area contributed by atoms with E-state index < -0.39 is 11.9 Å². The molecule has 10 heteroatoms. The zero-order valence-corrected chi connectivity index (χ0v) is 16.7. The zero-order valence-electron chi connectivity index (χ0n) is 16.7. The van der Waals surface area contributed by atoms with Gasteiger partial charge in [0.1, 0.15) is 23.2 Å². The quantitative estimate of drug-likeness (QED) is 0.775. The van der Waals surface area contributed by atoms with Crippen molar-refractivity contribution in [3.05, 3.63) is 29.8 Å². The molecule has 2 unspecified atom stereocenters. The summed E-state index contributed by atoms with van der Waals surface area (Å²) in [6.07, 6.45) is -0.853. The highest BCUT2D eigenvalue weighted by molar-refractivity contribution is 5.47. The highest BCUT2D eigenvalue weighted by Crippen LogP contribution is 2.37. The third-order valence-electron chi connectivity index (χ3n) is 5.64. The summed E-state index contributed by atoms with van der Waals surface area (Å²) in [5.41, 5.74) is -0.891. The maximum absolute atomic E-state index is 13.2. The van der Waals surface area contributed by atoms with Crippen LogP contribution in [0.25, 0.3) is 0 Å². The van der Waals surface area contributed by atoms with Gasteiger partial charge in [0.25, 0.3) is 0 Å². The molecule has 2 aromatic rings. The summed E-state index contributed by atoms with van der Waals surface area (Å²) in [6.45, 7) is 3.68. The van der Waals surface area contributed by atoms with Gasteiger partial charge in [-0.2, -0.15) is 18.2 Å². The summed E-state index contributed by atoms with van der Waals surface area (Å²) in [6, 6.07) is 2.99. The Balaban J connectivity index is 1.60. The average Bonchev–Trinajstić information content (AvgIpc) is 3.10. The Morgan fingerprint density at radius 1 is 1.10 bits per heavy atom. The standard InChI is InChI=1S/C19H24F3N7/c1-12-24-15(19(20,21)22)10-17(25-12)29-9-6-13-5-8-28(11-14(13)29)18-23-7-4-16(26-18)27(2)3/h4,7,10,13-14H,5-6,8-9,11H2,1-3H3. The number of aryl methyl sites for hydroxylation is 1. The fourth-order valence-electron chi connectivity index (χ4n) is 4.19. The predicted molar refractivity (Wildman–Crippen MR) is 104 cm³/mol. The molecule has 2 saturated heterocycles. The van der Waals surface area contributed by atoms with Gasteiger partial charge in [0.2, 0.25) is 5.95 Å². The van der Waals surface area contributed by atoms with E-state index in [2.05, 4.69) is 24.8 Å². The largest absolute Gasteiger partial charge is 0.433 e. The first-order valence-corrected chi connectivity index (χ1v) is 9.67. The Morgan fingerprint density at radius 2 is 1.86 bits per heavy atom. The number of halogens is 3. The van der Waals surface area contributed by atoms with Crippen molar-refractivity contribution in [2.45, 2.75) is 32.0 Å². The molecule has 0 N–H and O–H groups in total. The van der Waals surface area contributed by atoms with Gasteiger partial charge >= 0.3 is 6.18 Å². The van der Waals surface area contributed by atoms with Crippen LogP contribution in [-0.4, -0.2) is 59.7 Å². The Morgan fingerprint density at radius 3 is 2.59 bits per heavy atom. The normalized spacial score (nSPS) is 22.0. The van der Waals surface area contributed by atoms with E-state index in [-0.39, 0.29) is 11.9 Å². The molecular weight excluding hydrogens is 383 g/mol. The first kappa shape index (κ1) is 19.7. The van der Waals surface area contributed by atoms with Crippen LogP contribution in [0.3, 0.4) is 0 Å². The molecule has 0 radical (unpaired) electrons. The Hall–Kier alpha value is -2.65. The van der Waals surface area contributed by atoms with Crippen LogP contribution in [0.15, 0.2) is 18.3 Å². The molecule has 2 atom stereocenters. The van der Waals surface area contributed by atoms with Crippen LogP contribution >= 0.6 is 0 Å². The number of hydrogen-bond acceptors (Lipinski definition) is 7. The van der Waals surface area contributed by atoms with E-state index in [0.717, 1.165) is 31.3 Å². The number of nitrogens with zero attached hydrogens (tertiary/aromatic N) is 7. The molecule has 0 amide bonds. The number of rotatable bonds is 3. The van der Waals surface area contributed by atoms with Gasteiger partial charge in [0.15, 0.2) is 0 Å². The van der Waals surface area contributed by atoms with Crippen molar-refractivity contribution in [2.24, 2.45) is 5.92 Å². The third kappa shape index (κ3) is 3.92.